The van der Waals surface area contributed by atoms with Crippen molar-refractivity contribution < 1.29 is 18.0 Å². The molecular formula is C18H18F3NOS. The van der Waals surface area contributed by atoms with Crippen molar-refractivity contribution in [3.05, 3.63) is 59.7 Å². The van der Waals surface area contributed by atoms with Crippen LogP contribution in [0.1, 0.15) is 30.4 Å². The van der Waals surface area contributed by atoms with E-state index in [4.69, 9.17) is 0 Å². The molecule has 1 N–H and O–H groups in total. The van der Waals surface area contributed by atoms with Crippen molar-refractivity contribution in [2.24, 2.45) is 0 Å². The van der Waals surface area contributed by atoms with E-state index in [0.29, 0.717) is 5.56 Å². The van der Waals surface area contributed by atoms with Crippen molar-refractivity contribution in [2.75, 3.05) is 11.6 Å². The van der Waals surface area contributed by atoms with Crippen LogP contribution in [0.4, 0.5) is 18.9 Å². The van der Waals surface area contributed by atoms with Gasteiger partial charge in [-0.2, -0.15) is 13.2 Å². The first-order chi connectivity index (χ1) is 11.3. The summed E-state index contributed by atoms with van der Waals surface area (Å²) in [5.74, 6) is -0.336. The highest BCUT2D eigenvalue weighted by molar-refractivity contribution is 7.98. The molecule has 0 aliphatic heterocycles. The van der Waals surface area contributed by atoms with E-state index in [1.165, 1.54) is 23.9 Å². The van der Waals surface area contributed by atoms with Gasteiger partial charge >= 0.3 is 6.18 Å². The lowest BCUT2D eigenvalue weighted by atomic mass is 9.96. The van der Waals surface area contributed by atoms with Crippen LogP contribution in [0, 0.1) is 0 Å². The molecule has 2 aromatic carbocycles. The molecule has 24 heavy (non-hydrogen) atoms. The second kappa shape index (κ2) is 7.75. The highest BCUT2D eigenvalue weighted by atomic mass is 32.2. The smallest absolute Gasteiger partial charge is 0.325 e. The van der Waals surface area contributed by atoms with Crippen molar-refractivity contribution in [1.82, 2.24) is 0 Å². The number of benzene rings is 2. The zero-order valence-electron chi connectivity index (χ0n) is 13.4. The Hall–Kier alpha value is -1.95. The Morgan fingerprint density at radius 1 is 1.12 bits per heavy atom. The lowest BCUT2D eigenvalue weighted by Gasteiger charge is -2.14. The summed E-state index contributed by atoms with van der Waals surface area (Å²) < 4.78 is 37.7. The largest absolute Gasteiger partial charge is 0.416 e. The number of hydrogen-bond donors (Lipinski definition) is 1. The van der Waals surface area contributed by atoms with Crippen LogP contribution >= 0.6 is 11.8 Å². The molecule has 0 aliphatic rings. The van der Waals surface area contributed by atoms with E-state index in [9.17, 15) is 18.0 Å². The zero-order chi connectivity index (χ0) is 17.7. The Bertz CT molecular complexity index is 698. The van der Waals surface area contributed by atoms with Crippen molar-refractivity contribution in [3.8, 4) is 0 Å². The van der Waals surface area contributed by atoms with Crippen LogP contribution in [-0.4, -0.2) is 12.2 Å². The van der Waals surface area contributed by atoms with Crippen LogP contribution in [0.15, 0.2) is 53.4 Å². The Balaban J connectivity index is 2.01. The number of rotatable bonds is 5. The van der Waals surface area contributed by atoms with E-state index >= 15 is 0 Å². The maximum Gasteiger partial charge on any atom is 0.416 e. The van der Waals surface area contributed by atoms with Gasteiger partial charge in [0, 0.05) is 11.3 Å². The van der Waals surface area contributed by atoms with Gasteiger partial charge < -0.3 is 5.32 Å². The number of thioether (sulfide) groups is 1. The van der Waals surface area contributed by atoms with Gasteiger partial charge in [-0.1, -0.05) is 31.2 Å². The SMILES string of the molecule is CSc1ccccc1NC(=O)CC(C)c1ccc(C(F)(F)F)cc1. The average molecular weight is 353 g/mol. The van der Waals surface area contributed by atoms with Gasteiger partial charge in [-0.05, 0) is 42.0 Å². The Kier molecular flexibility index (Phi) is 5.94. The van der Waals surface area contributed by atoms with Crippen LogP contribution in [-0.2, 0) is 11.0 Å². The third-order valence-corrected chi connectivity index (χ3v) is 4.48. The van der Waals surface area contributed by atoms with Crippen molar-refractivity contribution in [2.45, 2.75) is 30.3 Å². The first kappa shape index (κ1) is 18.4. The van der Waals surface area contributed by atoms with Gasteiger partial charge in [0.2, 0.25) is 5.91 Å². The fourth-order valence-electron chi connectivity index (χ4n) is 2.35. The Labute approximate surface area is 143 Å². The van der Waals surface area contributed by atoms with Crippen molar-refractivity contribution in [3.63, 3.8) is 0 Å². The van der Waals surface area contributed by atoms with Gasteiger partial charge in [0.15, 0.2) is 0 Å². The normalized spacial score (nSPS) is 12.7. The number of anilines is 1. The lowest BCUT2D eigenvalue weighted by Crippen LogP contribution is -2.15. The van der Waals surface area contributed by atoms with Gasteiger partial charge in [0.25, 0.3) is 0 Å². The molecule has 0 radical (unpaired) electrons. The molecule has 0 spiro atoms. The summed E-state index contributed by atoms with van der Waals surface area (Å²) in [4.78, 5) is 13.2. The summed E-state index contributed by atoms with van der Waals surface area (Å²) >= 11 is 1.54. The molecule has 1 atom stereocenters. The maximum atomic E-state index is 12.6. The number of amides is 1. The number of carbonyl (C=O) groups is 1. The molecule has 0 saturated carbocycles. The number of alkyl halides is 3. The first-order valence-corrected chi connectivity index (χ1v) is 8.63. The van der Waals surface area contributed by atoms with Gasteiger partial charge in [0.05, 0.1) is 11.3 Å². The molecule has 6 heteroatoms. The summed E-state index contributed by atoms with van der Waals surface area (Å²) in [6, 6.07) is 12.4. The minimum absolute atomic E-state index is 0.163. The van der Waals surface area contributed by atoms with E-state index in [1.807, 2.05) is 37.4 Å². The molecule has 1 amide bonds. The molecule has 0 aliphatic carbocycles. The van der Waals surface area contributed by atoms with Gasteiger partial charge in [-0.15, -0.1) is 11.8 Å². The van der Waals surface area contributed by atoms with E-state index < -0.39 is 11.7 Å². The predicted molar refractivity (Wildman–Crippen MR) is 91.3 cm³/mol. The standard InChI is InChI=1S/C18H18F3NOS/c1-12(13-7-9-14(10-8-13)18(19,20)21)11-17(23)22-15-5-3-4-6-16(15)24-2/h3-10,12H,11H2,1-2H3,(H,22,23). The predicted octanol–water partition coefficient (Wildman–Crippen LogP) is 5.56. The number of carbonyl (C=O) groups excluding carboxylic acids is 1. The molecule has 1 unspecified atom stereocenters. The van der Waals surface area contributed by atoms with Gasteiger partial charge in [0.1, 0.15) is 0 Å². The molecule has 0 fully saturated rings. The number of nitrogens with one attached hydrogen (secondary N) is 1. The van der Waals surface area contributed by atoms with E-state index in [-0.39, 0.29) is 18.2 Å². The lowest BCUT2D eigenvalue weighted by molar-refractivity contribution is -0.137. The van der Waals surface area contributed by atoms with E-state index in [2.05, 4.69) is 5.32 Å². The van der Waals surface area contributed by atoms with E-state index in [1.54, 1.807) is 0 Å². The number of halogens is 3. The molecule has 128 valence electrons. The topological polar surface area (TPSA) is 29.1 Å². The van der Waals surface area contributed by atoms with Crippen molar-refractivity contribution in [1.29, 1.82) is 0 Å². The fraction of sp³-hybridized carbons (Fsp3) is 0.278. The van der Waals surface area contributed by atoms with Crippen LogP contribution in [0.25, 0.3) is 0 Å². The van der Waals surface area contributed by atoms with Crippen molar-refractivity contribution >= 4 is 23.4 Å². The Morgan fingerprint density at radius 3 is 2.33 bits per heavy atom. The summed E-state index contributed by atoms with van der Waals surface area (Å²) in [7, 11) is 0. The van der Waals surface area contributed by atoms with E-state index in [0.717, 1.165) is 22.7 Å². The molecule has 2 rings (SSSR count). The number of para-hydroxylation sites is 1. The van der Waals surface area contributed by atoms with Crippen LogP contribution in [0.5, 0.6) is 0 Å². The monoisotopic (exact) mass is 353 g/mol. The molecule has 0 saturated heterocycles. The first-order valence-electron chi connectivity index (χ1n) is 7.41. The Morgan fingerprint density at radius 2 is 1.75 bits per heavy atom. The highest BCUT2D eigenvalue weighted by Gasteiger charge is 2.30. The quantitative estimate of drug-likeness (QED) is 0.713. The molecular weight excluding hydrogens is 335 g/mol. The summed E-state index contributed by atoms with van der Waals surface area (Å²) in [5, 5.41) is 2.86. The second-order valence-corrected chi connectivity index (χ2v) is 6.32. The molecule has 0 heterocycles. The minimum atomic E-state index is -4.35. The van der Waals surface area contributed by atoms with Crippen LogP contribution < -0.4 is 5.32 Å². The van der Waals surface area contributed by atoms with Gasteiger partial charge in [-0.3, -0.25) is 4.79 Å². The fourth-order valence-corrected chi connectivity index (χ4v) is 2.90. The summed E-state index contributed by atoms with van der Waals surface area (Å²) in [5.41, 5.74) is 0.766. The number of hydrogen-bond acceptors (Lipinski definition) is 2. The third kappa shape index (κ3) is 4.77. The highest BCUT2D eigenvalue weighted by Crippen LogP contribution is 2.31. The molecule has 0 aromatic heterocycles. The minimum Gasteiger partial charge on any atom is -0.325 e. The van der Waals surface area contributed by atoms with Crippen LogP contribution in [0.2, 0.25) is 0 Å². The third-order valence-electron chi connectivity index (χ3n) is 3.68. The van der Waals surface area contributed by atoms with Crippen LogP contribution in [0.3, 0.4) is 0 Å². The molecule has 0 bridgehead atoms. The second-order valence-electron chi connectivity index (χ2n) is 5.47. The summed E-state index contributed by atoms with van der Waals surface area (Å²) in [6.45, 7) is 1.82. The average Bonchev–Trinajstić information content (AvgIpc) is 2.54. The van der Waals surface area contributed by atoms with Gasteiger partial charge in [-0.25, -0.2) is 0 Å². The zero-order valence-corrected chi connectivity index (χ0v) is 14.2. The molecule has 2 aromatic rings. The summed E-state index contributed by atoms with van der Waals surface area (Å²) in [6.07, 6.45) is -2.22. The molecule has 2 nitrogen and oxygen atoms in total. The maximum absolute atomic E-state index is 12.6.